The molecule has 17 atom stereocenters. The summed E-state index contributed by atoms with van der Waals surface area (Å²) in [5.74, 6) is -0.302. The zero-order valence-corrected chi connectivity index (χ0v) is 34.9. The van der Waals surface area contributed by atoms with E-state index in [4.69, 9.17) is 28.4 Å². The molecule has 3 rings (SSSR count). The quantitative estimate of drug-likeness (QED) is 0.0331. The van der Waals surface area contributed by atoms with Gasteiger partial charge < -0.3 is 89.9 Å². The zero-order valence-electron chi connectivity index (χ0n) is 34.9. The topological polar surface area (TPSA) is 307 Å². The van der Waals surface area contributed by atoms with E-state index in [9.17, 15) is 61.0 Å². The van der Waals surface area contributed by atoms with Crippen molar-refractivity contribution in [2.45, 2.75) is 202 Å². The number of hydrogen-bond acceptors (Lipinski definition) is 18. The van der Waals surface area contributed by atoms with Gasteiger partial charge in [-0.3, -0.25) is 4.79 Å². The average molecular weight is 868 g/mol. The van der Waals surface area contributed by atoms with Gasteiger partial charge in [-0.1, -0.05) is 76.7 Å². The number of amides is 1. The maximum atomic E-state index is 12.9. The molecule has 60 heavy (non-hydrogen) atoms. The molecule has 0 bridgehead atoms. The molecule has 3 heterocycles. The van der Waals surface area contributed by atoms with Crippen molar-refractivity contribution in [3.63, 3.8) is 0 Å². The van der Waals surface area contributed by atoms with Gasteiger partial charge in [0.1, 0.15) is 73.2 Å². The molecule has 3 fully saturated rings. The first-order valence-corrected chi connectivity index (χ1v) is 21.6. The van der Waals surface area contributed by atoms with Crippen molar-refractivity contribution in [1.29, 1.82) is 0 Å². The smallest absolute Gasteiger partial charge is 0.220 e. The second-order valence-electron chi connectivity index (χ2n) is 15.8. The first kappa shape index (κ1) is 52.6. The van der Waals surface area contributed by atoms with Crippen LogP contribution in [0.15, 0.2) is 24.3 Å². The number of aliphatic hydroxyl groups excluding tert-OH is 11. The third-order valence-corrected chi connectivity index (χ3v) is 11.0. The molecule has 3 aliphatic rings. The van der Waals surface area contributed by atoms with Crippen LogP contribution in [0, 0.1) is 0 Å². The average Bonchev–Trinajstić information content (AvgIpc) is 3.24. The van der Waals surface area contributed by atoms with E-state index in [-0.39, 0.29) is 18.9 Å². The predicted octanol–water partition coefficient (Wildman–Crippen LogP) is -1.48. The van der Waals surface area contributed by atoms with Gasteiger partial charge >= 0.3 is 0 Å². The Morgan fingerprint density at radius 2 is 1.08 bits per heavy atom. The van der Waals surface area contributed by atoms with E-state index in [1.54, 1.807) is 6.08 Å². The molecule has 0 spiro atoms. The number of ether oxygens (including phenoxy) is 6. The summed E-state index contributed by atoms with van der Waals surface area (Å²) in [6.07, 6.45) is -6.69. The largest absolute Gasteiger partial charge is 0.394 e. The maximum absolute atomic E-state index is 12.9. The van der Waals surface area contributed by atoms with Crippen molar-refractivity contribution < 1.29 is 89.4 Å². The summed E-state index contributed by atoms with van der Waals surface area (Å²) in [6, 6.07) is -0.968. The molecule has 0 aromatic carbocycles. The monoisotopic (exact) mass is 867 g/mol. The third kappa shape index (κ3) is 15.8. The number of nitrogens with one attached hydrogen (secondary N) is 1. The van der Waals surface area contributed by atoms with E-state index in [1.807, 2.05) is 6.92 Å². The lowest BCUT2D eigenvalue weighted by Gasteiger charge is -2.48. The van der Waals surface area contributed by atoms with Crippen molar-refractivity contribution in [3.8, 4) is 0 Å². The first-order chi connectivity index (χ1) is 28.8. The van der Waals surface area contributed by atoms with E-state index in [0.29, 0.717) is 12.8 Å². The van der Waals surface area contributed by atoms with E-state index in [1.165, 1.54) is 25.3 Å². The number of carbonyl (C=O) groups excluding carboxylic acids is 1. The summed E-state index contributed by atoms with van der Waals surface area (Å²) in [4.78, 5) is 12.9. The summed E-state index contributed by atoms with van der Waals surface area (Å²) in [6.45, 7) is 1.38. The summed E-state index contributed by atoms with van der Waals surface area (Å²) in [7, 11) is 0. The molecule has 0 saturated carbocycles. The molecule has 12 N–H and O–H groups in total. The van der Waals surface area contributed by atoms with Gasteiger partial charge in [0.2, 0.25) is 5.91 Å². The molecule has 17 unspecified atom stereocenters. The minimum atomic E-state index is -1.97. The fourth-order valence-electron chi connectivity index (χ4n) is 7.25. The van der Waals surface area contributed by atoms with Gasteiger partial charge in [-0.05, 0) is 38.5 Å². The Morgan fingerprint density at radius 1 is 0.583 bits per heavy atom. The van der Waals surface area contributed by atoms with E-state index in [0.717, 1.165) is 44.9 Å². The molecular formula is C41H73NO18. The molecule has 3 saturated heterocycles. The van der Waals surface area contributed by atoms with Crippen LogP contribution in [0.2, 0.25) is 0 Å². The Labute approximate surface area is 352 Å². The van der Waals surface area contributed by atoms with Crippen LogP contribution in [-0.2, 0) is 33.2 Å². The summed E-state index contributed by atoms with van der Waals surface area (Å²) < 4.78 is 33.7. The van der Waals surface area contributed by atoms with Crippen molar-refractivity contribution in [2.24, 2.45) is 0 Å². The van der Waals surface area contributed by atoms with Gasteiger partial charge in [0.15, 0.2) is 18.9 Å². The molecule has 350 valence electrons. The fraction of sp³-hybridized carbons (Fsp3) is 0.878. The van der Waals surface area contributed by atoms with Crippen LogP contribution in [0.1, 0.15) is 97.3 Å². The molecule has 1 amide bonds. The summed E-state index contributed by atoms with van der Waals surface area (Å²) in [5.41, 5.74) is 0. The lowest BCUT2D eigenvalue weighted by atomic mass is 9.96. The van der Waals surface area contributed by atoms with Crippen LogP contribution in [0.5, 0.6) is 0 Å². The summed E-state index contributed by atoms with van der Waals surface area (Å²) in [5, 5.41) is 118. The predicted molar refractivity (Wildman–Crippen MR) is 213 cm³/mol. The highest BCUT2D eigenvalue weighted by atomic mass is 16.8. The van der Waals surface area contributed by atoms with Crippen molar-refractivity contribution in [3.05, 3.63) is 24.3 Å². The Morgan fingerprint density at radius 3 is 1.65 bits per heavy atom. The van der Waals surface area contributed by atoms with E-state index >= 15 is 0 Å². The van der Waals surface area contributed by atoms with Crippen LogP contribution in [0.25, 0.3) is 0 Å². The molecule has 0 aromatic heterocycles. The molecular weight excluding hydrogens is 794 g/mol. The van der Waals surface area contributed by atoms with Gasteiger partial charge in [-0.15, -0.1) is 0 Å². The van der Waals surface area contributed by atoms with Gasteiger partial charge in [0, 0.05) is 6.42 Å². The van der Waals surface area contributed by atoms with Crippen molar-refractivity contribution in [2.75, 3.05) is 26.4 Å². The standard InChI is InChI=1S/C41H73NO18/c1-3-5-7-8-9-10-11-12-13-14-15-17-19-29(47)42-24(25(46)18-16-6-4-2)23-55-39-35(53)32(50)37(27(21-44)57-39)60-41-36(54)33(51)38(28(22-45)58-41)59-40-34(52)31(49)30(48)26(20-43)56-40/h9-10,16,18,24-28,30-41,43-46,48-54H,3-8,11-15,17,19-23H2,1-2H3,(H,42,47)/b10-9-,18-16+. The normalized spacial score (nSPS) is 36.2. The number of hydrogen-bond donors (Lipinski definition) is 12. The minimum absolute atomic E-state index is 0.230. The minimum Gasteiger partial charge on any atom is -0.394 e. The van der Waals surface area contributed by atoms with Crippen LogP contribution in [-0.4, -0.2) is 193 Å². The number of rotatable bonds is 27. The molecule has 19 heteroatoms. The Hall–Kier alpha value is -1.73. The second-order valence-corrected chi connectivity index (χ2v) is 15.8. The van der Waals surface area contributed by atoms with Crippen LogP contribution < -0.4 is 5.32 Å². The fourth-order valence-corrected chi connectivity index (χ4v) is 7.25. The van der Waals surface area contributed by atoms with Crippen molar-refractivity contribution in [1.82, 2.24) is 5.32 Å². The lowest BCUT2D eigenvalue weighted by Crippen LogP contribution is -2.66. The highest BCUT2D eigenvalue weighted by molar-refractivity contribution is 5.76. The highest BCUT2D eigenvalue weighted by Gasteiger charge is 2.53. The van der Waals surface area contributed by atoms with Gasteiger partial charge in [0.05, 0.1) is 38.6 Å². The van der Waals surface area contributed by atoms with E-state index in [2.05, 4.69) is 24.4 Å². The van der Waals surface area contributed by atoms with Gasteiger partial charge in [-0.25, -0.2) is 0 Å². The Kier molecular flexibility index (Phi) is 24.7. The maximum Gasteiger partial charge on any atom is 0.220 e. The van der Waals surface area contributed by atoms with Crippen LogP contribution in [0.3, 0.4) is 0 Å². The second kappa shape index (κ2) is 28.1. The molecule has 0 radical (unpaired) electrons. The summed E-state index contributed by atoms with van der Waals surface area (Å²) >= 11 is 0. The zero-order chi connectivity index (χ0) is 44.2. The molecule has 19 nitrogen and oxygen atoms in total. The molecule has 0 aliphatic carbocycles. The Bertz CT molecular complexity index is 1230. The third-order valence-electron chi connectivity index (χ3n) is 11.0. The number of aliphatic hydroxyl groups is 11. The number of unbranched alkanes of at least 4 members (excludes halogenated alkanes) is 9. The highest BCUT2D eigenvalue weighted by Crippen LogP contribution is 2.32. The van der Waals surface area contributed by atoms with Crippen molar-refractivity contribution >= 4 is 5.91 Å². The number of allylic oxidation sites excluding steroid dienone is 3. The molecule has 0 aromatic rings. The lowest BCUT2D eigenvalue weighted by molar-refractivity contribution is -0.379. The van der Waals surface area contributed by atoms with Gasteiger partial charge in [-0.2, -0.15) is 0 Å². The molecule has 3 aliphatic heterocycles. The Balaban J connectivity index is 1.55. The van der Waals surface area contributed by atoms with Gasteiger partial charge in [0.25, 0.3) is 0 Å². The first-order valence-electron chi connectivity index (χ1n) is 21.6. The SMILES string of the molecule is CCC/C=C/C(O)C(COC1OC(CO)C(OC2OC(CO)C(OC3OC(CO)C(O)C(O)C3O)C(O)C2O)C(O)C1O)NC(=O)CCCCCCC/C=C\CCCCC. The van der Waals surface area contributed by atoms with Crippen LogP contribution in [0.4, 0.5) is 0 Å². The van der Waals surface area contributed by atoms with Crippen LogP contribution >= 0.6 is 0 Å². The van der Waals surface area contributed by atoms with E-state index < -0.39 is 124 Å². The number of carbonyl (C=O) groups is 1.